The number of piperidine rings is 1. The second kappa shape index (κ2) is 6.47. The normalized spacial score (nSPS) is 18.7. The van der Waals surface area contributed by atoms with E-state index in [4.69, 9.17) is 10.5 Å². The SMILES string of the molecule is COC(=O)C1CCCN(C(=O)c2ccnc(CN)c2)C1. The predicted octanol–water partition coefficient (Wildman–Crippen LogP) is 0.566. The fourth-order valence-corrected chi connectivity index (χ4v) is 2.43. The molecule has 0 spiro atoms. The van der Waals surface area contributed by atoms with Crippen molar-refractivity contribution in [3.63, 3.8) is 0 Å². The van der Waals surface area contributed by atoms with E-state index in [1.165, 1.54) is 7.11 Å². The number of nitrogens with two attached hydrogens (primary N) is 1. The summed E-state index contributed by atoms with van der Waals surface area (Å²) in [6.45, 7) is 1.37. The molecule has 1 saturated heterocycles. The number of hydrogen-bond acceptors (Lipinski definition) is 5. The van der Waals surface area contributed by atoms with E-state index in [1.807, 2.05) is 0 Å². The zero-order chi connectivity index (χ0) is 14.5. The zero-order valence-corrected chi connectivity index (χ0v) is 11.5. The number of methoxy groups -OCH3 is 1. The molecule has 0 saturated carbocycles. The summed E-state index contributed by atoms with van der Waals surface area (Å²) >= 11 is 0. The Balaban J connectivity index is 2.10. The van der Waals surface area contributed by atoms with Crippen molar-refractivity contribution >= 4 is 11.9 Å². The highest BCUT2D eigenvalue weighted by Gasteiger charge is 2.29. The van der Waals surface area contributed by atoms with Crippen molar-refractivity contribution in [2.24, 2.45) is 11.7 Å². The van der Waals surface area contributed by atoms with E-state index >= 15 is 0 Å². The Hall–Kier alpha value is -1.95. The minimum Gasteiger partial charge on any atom is -0.469 e. The molecule has 0 aliphatic carbocycles. The van der Waals surface area contributed by atoms with Gasteiger partial charge in [0.2, 0.25) is 0 Å². The molecule has 1 amide bonds. The second-order valence-corrected chi connectivity index (χ2v) is 4.85. The molecule has 0 radical (unpaired) electrons. The van der Waals surface area contributed by atoms with Gasteiger partial charge in [-0.3, -0.25) is 14.6 Å². The number of amides is 1. The molecule has 20 heavy (non-hydrogen) atoms. The summed E-state index contributed by atoms with van der Waals surface area (Å²) in [6.07, 6.45) is 3.15. The summed E-state index contributed by atoms with van der Waals surface area (Å²) in [5.74, 6) is -0.566. The van der Waals surface area contributed by atoms with E-state index in [-0.39, 0.29) is 17.8 Å². The highest BCUT2D eigenvalue weighted by molar-refractivity contribution is 5.94. The van der Waals surface area contributed by atoms with Crippen molar-refractivity contribution in [3.8, 4) is 0 Å². The average Bonchev–Trinajstić information content (AvgIpc) is 2.53. The van der Waals surface area contributed by atoms with Crippen LogP contribution in [0.2, 0.25) is 0 Å². The standard InChI is InChI=1S/C14H19N3O3/c1-20-14(19)11-3-2-6-17(9-11)13(18)10-4-5-16-12(7-10)8-15/h4-5,7,11H,2-3,6,8-9,15H2,1H3. The Morgan fingerprint density at radius 1 is 1.55 bits per heavy atom. The molecular weight excluding hydrogens is 258 g/mol. The monoisotopic (exact) mass is 277 g/mol. The van der Waals surface area contributed by atoms with Crippen LogP contribution in [0.3, 0.4) is 0 Å². The van der Waals surface area contributed by atoms with Gasteiger partial charge in [0.25, 0.3) is 5.91 Å². The molecule has 1 atom stereocenters. The lowest BCUT2D eigenvalue weighted by atomic mass is 9.97. The molecular formula is C14H19N3O3. The Morgan fingerprint density at radius 3 is 3.05 bits per heavy atom. The fraction of sp³-hybridized carbons (Fsp3) is 0.500. The number of pyridine rings is 1. The van der Waals surface area contributed by atoms with Crippen LogP contribution in [0.5, 0.6) is 0 Å². The first kappa shape index (κ1) is 14.5. The molecule has 1 unspecified atom stereocenters. The minimum absolute atomic E-state index is 0.0873. The molecule has 108 valence electrons. The number of carbonyl (C=O) groups excluding carboxylic acids is 2. The van der Waals surface area contributed by atoms with Crippen LogP contribution in [0.1, 0.15) is 28.9 Å². The Bertz CT molecular complexity index is 504. The molecule has 1 aliphatic rings. The third kappa shape index (κ3) is 3.14. The van der Waals surface area contributed by atoms with Gasteiger partial charge < -0.3 is 15.4 Å². The van der Waals surface area contributed by atoms with Crippen LogP contribution >= 0.6 is 0 Å². The largest absolute Gasteiger partial charge is 0.469 e. The van der Waals surface area contributed by atoms with Crippen molar-refractivity contribution < 1.29 is 14.3 Å². The van der Waals surface area contributed by atoms with Gasteiger partial charge in [0, 0.05) is 31.4 Å². The molecule has 1 aromatic heterocycles. The summed E-state index contributed by atoms with van der Waals surface area (Å²) in [5.41, 5.74) is 6.77. The summed E-state index contributed by atoms with van der Waals surface area (Å²) in [5, 5.41) is 0. The molecule has 6 heteroatoms. The Morgan fingerprint density at radius 2 is 2.35 bits per heavy atom. The van der Waals surface area contributed by atoms with E-state index in [2.05, 4.69) is 4.98 Å². The summed E-state index contributed by atoms with van der Waals surface area (Å²) in [4.78, 5) is 29.8. The van der Waals surface area contributed by atoms with Crippen LogP contribution in [0.15, 0.2) is 18.3 Å². The van der Waals surface area contributed by atoms with Gasteiger partial charge in [0.1, 0.15) is 0 Å². The highest BCUT2D eigenvalue weighted by atomic mass is 16.5. The molecule has 0 bridgehead atoms. The summed E-state index contributed by atoms with van der Waals surface area (Å²) < 4.78 is 4.76. The molecule has 2 heterocycles. The Kier molecular flexibility index (Phi) is 4.68. The number of rotatable bonds is 3. The molecule has 6 nitrogen and oxygen atoms in total. The average molecular weight is 277 g/mol. The van der Waals surface area contributed by atoms with Crippen LogP contribution in [-0.2, 0) is 16.1 Å². The highest BCUT2D eigenvalue weighted by Crippen LogP contribution is 2.19. The van der Waals surface area contributed by atoms with Crippen molar-refractivity contribution in [1.82, 2.24) is 9.88 Å². The maximum atomic E-state index is 12.4. The van der Waals surface area contributed by atoms with Crippen LogP contribution in [-0.4, -0.2) is 42.0 Å². The smallest absolute Gasteiger partial charge is 0.310 e. The zero-order valence-electron chi connectivity index (χ0n) is 11.5. The van der Waals surface area contributed by atoms with E-state index in [0.717, 1.165) is 12.8 Å². The molecule has 2 rings (SSSR count). The van der Waals surface area contributed by atoms with Gasteiger partial charge in [-0.15, -0.1) is 0 Å². The molecule has 1 fully saturated rings. The third-order valence-electron chi connectivity index (χ3n) is 3.52. The third-order valence-corrected chi connectivity index (χ3v) is 3.52. The molecule has 1 aromatic rings. The quantitative estimate of drug-likeness (QED) is 0.816. The number of ether oxygens (including phenoxy) is 1. The summed E-state index contributed by atoms with van der Waals surface area (Å²) in [7, 11) is 1.37. The van der Waals surface area contributed by atoms with Gasteiger partial charge in [-0.1, -0.05) is 0 Å². The van der Waals surface area contributed by atoms with Crippen molar-refractivity contribution in [3.05, 3.63) is 29.6 Å². The van der Waals surface area contributed by atoms with Crippen molar-refractivity contribution in [2.45, 2.75) is 19.4 Å². The first-order chi connectivity index (χ1) is 9.65. The number of hydrogen-bond donors (Lipinski definition) is 1. The van der Waals surface area contributed by atoms with Crippen LogP contribution in [0.25, 0.3) is 0 Å². The maximum absolute atomic E-state index is 12.4. The van der Waals surface area contributed by atoms with Crippen molar-refractivity contribution in [2.75, 3.05) is 20.2 Å². The van der Waals surface area contributed by atoms with Gasteiger partial charge in [-0.2, -0.15) is 0 Å². The van der Waals surface area contributed by atoms with E-state index in [1.54, 1.807) is 23.2 Å². The van der Waals surface area contributed by atoms with Crippen LogP contribution in [0, 0.1) is 5.92 Å². The molecule has 1 aliphatic heterocycles. The number of likely N-dealkylation sites (tertiary alicyclic amines) is 1. The molecule has 2 N–H and O–H groups in total. The first-order valence-corrected chi connectivity index (χ1v) is 6.67. The second-order valence-electron chi connectivity index (χ2n) is 4.85. The first-order valence-electron chi connectivity index (χ1n) is 6.67. The topological polar surface area (TPSA) is 85.5 Å². The maximum Gasteiger partial charge on any atom is 0.310 e. The van der Waals surface area contributed by atoms with E-state index in [9.17, 15) is 9.59 Å². The lowest BCUT2D eigenvalue weighted by Gasteiger charge is -2.31. The number of aromatic nitrogens is 1. The van der Waals surface area contributed by atoms with Crippen molar-refractivity contribution in [1.29, 1.82) is 0 Å². The predicted molar refractivity (Wildman–Crippen MR) is 72.8 cm³/mol. The minimum atomic E-state index is -0.250. The Labute approximate surface area is 117 Å². The van der Waals surface area contributed by atoms with Gasteiger partial charge in [-0.05, 0) is 25.0 Å². The summed E-state index contributed by atoms with van der Waals surface area (Å²) in [6, 6.07) is 3.37. The van der Waals surface area contributed by atoms with Crippen LogP contribution < -0.4 is 5.73 Å². The van der Waals surface area contributed by atoms with Gasteiger partial charge in [0.05, 0.1) is 18.7 Å². The lowest BCUT2D eigenvalue weighted by Crippen LogP contribution is -2.42. The fourth-order valence-electron chi connectivity index (χ4n) is 2.43. The number of carbonyl (C=O) groups is 2. The van der Waals surface area contributed by atoms with Gasteiger partial charge in [-0.25, -0.2) is 0 Å². The van der Waals surface area contributed by atoms with Crippen LogP contribution in [0.4, 0.5) is 0 Å². The lowest BCUT2D eigenvalue weighted by molar-refractivity contribution is -0.146. The molecule has 0 aromatic carbocycles. The number of esters is 1. The van der Waals surface area contributed by atoms with Gasteiger partial charge in [0.15, 0.2) is 0 Å². The van der Waals surface area contributed by atoms with E-state index < -0.39 is 0 Å². The van der Waals surface area contributed by atoms with Gasteiger partial charge >= 0.3 is 5.97 Å². The number of nitrogens with zero attached hydrogens (tertiary/aromatic N) is 2. The van der Waals surface area contributed by atoms with E-state index in [0.29, 0.717) is 30.9 Å².